The van der Waals surface area contributed by atoms with E-state index >= 15 is 0 Å². The lowest BCUT2D eigenvalue weighted by atomic mass is 10.0. The van der Waals surface area contributed by atoms with Gasteiger partial charge < -0.3 is 5.32 Å². The van der Waals surface area contributed by atoms with Gasteiger partial charge in [0.25, 0.3) is 0 Å². The zero-order chi connectivity index (χ0) is 22.1. The molecule has 1 aromatic carbocycles. The van der Waals surface area contributed by atoms with Gasteiger partial charge in [0.15, 0.2) is 5.82 Å². The molecule has 0 radical (unpaired) electrons. The number of rotatable bonds is 5. The fraction of sp³-hybridized carbons (Fsp3) is 0.222. The van der Waals surface area contributed by atoms with Gasteiger partial charge in [-0.15, -0.1) is 0 Å². The smallest absolute Gasteiger partial charge is 0.359 e. The van der Waals surface area contributed by atoms with Gasteiger partial charge in [0.2, 0.25) is 0 Å². The fourth-order valence-corrected chi connectivity index (χ4v) is 2.70. The molecule has 0 amide bonds. The zero-order valence-corrected chi connectivity index (χ0v) is 15.9. The Balaban J connectivity index is 2.11. The number of alkyl halides is 3. The van der Waals surface area contributed by atoms with Gasteiger partial charge in [-0.2, -0.15) is 13.2 Å². The summed E-state index contributed by atoms with van der Waals surface area (Å²) in [5, 5.41) is 1.79. The van der Waals surface area contributed by atoms with Crippen molar-refractivity contribution in [3.05, 3.63) is 64.5 Å². The van der Waals surface area contributed by atoms with Crippen LogP contribution in [0, 0.1) is 17.5 Å². The van der Waals surface area contributed by atoms with Crippen molar-refractivity contribution < 1.29 is 26.3 Å². The summed E-state index contributed by atoms with van der Waals surface area (Å²) in [6.07, 6.45) is -1.32. The van der Waals surface area contributed by atoms with Crippen LogP contribution in [0.3, 0.4) is 0 Å². The van der Waals surface area contributed by atoms with Crippen molar-refractivity contribution in [1.82, 2.24) is 19.9 Å². The van der Waals surface area contributed by atoms with Gasteiger partial charge in [-0.1, -0.05) is 11.6 Å². The fourth-order valence-electron chi connectivity index (χ4n) is 2.47. The molecule has 158 valence electrons. The largest absolute Gasteiger partial charge is 0.408 e. The number of halogens is 7. The van der Waals surface area contributed by atoms with Gasteiger partial charge in [-0.25, -0.2) is 28.1 Å². The Morgan fingerprint density at radius 1 is 1.03 bits per heavy atom. The van der Waals surface area contributed by atoms with Crippen molar-refractivity contribution in [2.45, 2.75) is 25.6 Å². The average Bonchev–Trinajstić information content (AvgIpc) is 2.65. The molecule has 3 aromatic rings. The number of aromatic nitrogens is 4. The second kappa shape index (κ2) is 8.42. The summed E-state index contributed by atoms with van der Waals surface area (Å²) in [5.41, 5.74) is -0.686. The van der Waals surface area contributed by atoms with Crippen LogP contribution in [0.4, 0.5) is 32.2 Å². The SMILES string of the molecule is C[C@H](Nc1nc(-c2cnccn2)nc(Cl)c1Cc1c(F)cc(F)cc1F)C(F)(F)F. The molecule has 5 nitrogen and oxygen atoms in total. The Morgan fingerprint density at radius 2 is 1.70 bits per heavy atom. The van der Waals surface area contributed by atoms with E-state index in [-0.39, 0.29) is 22.2 Å². The molecule has 2 aromatic heterocycles. The molecule has 12 heteroatoms. The third-order valence-electron chi connectivity index (χ3n) is 4.05. The second-order valence-electron chi connectivity index (χ2n) is 6.19. The quantitative estimate of drug-likeness (QED) is 0.442. The van der Waals surface area contributed by atoms with Gasteiger partial charge in [0.1, 0.15) is 40.2 Å². The summed E-state index contributed by atoms with van der Waals surface area (Å²) < 4.78 is 80.5. The first-order chi connectivity index (χ1) is 14.1. The van der Waals surface area contributed by atoms with E-state index in [1.54, 1.807) is 0 Å². The van der Waals surface area contributed by atoms with E-state index in [2.05, 4.69) is 25.3 Å². The maximum Gasteiger partial charge on any atom is 0.408 e. The zero-order valence-electron chi connectivity index (χ0n) is 15.1. The lowest BCUT2D eigenvalue weighted by molar-refractivity contribution is -0.138. The molecule has 1 atom stereocenters. The van der Waals surface area contributed by atoms with Crippen molar-refractivity contribution in [2.24, 2.45) is 0 Å². The number of hydrogen-bond donors (Lipinski definition) is 1. The Hall–Kier alpha value is -2.95. The minimum atomic E-state index is -4.65. The molecule has 0 saturated heterocycles. The molecule has 0 saturated carbocycles. The summed E-state index contributed by atoms with van der Waals surface area (Å²) in [6.45, 7) is 0.834. The Bertz CT molecular complexity index is 1040. The van der Waals surface area contributed by atoms with Gasteiger partial charge in [-0.05, 0) is 6.92 Å². The molecule has 2 heterocycles. The summed E-state index contributed by atoms with van der Waals surface area (Å²) in [4.78, 5) is 15.7. The third-order valence-corrected chi connectivity index (χ3v) is 4.37. The standard InChI is InChI=1S/C18H12ClF6N5/c1-8(18(23,24)25)28-16-11(6-10-12(21)4-9(20)5-13(10)22)15(19)29-17(30-16)14-7-26-2-3-27-14/h2-5,7-8H,6H2,1H3,(H,28,29,30)/t8-/m0/s1. The molecule has 0 spiro atoms. The summed E-state index contributed by atoms with van der Waals surface area (Å²) in [5.74, 6) is -4.14. The van der Waals surface area contributed by atoms with Crippen LogP contribution in [0.15, 0.2) is 30.7 Å². The van der Waals surface area contributed by atoms with Crippen LogP contribution in [0.1, 0.15) is 18.1 Å². The minimum absolute atomic E-state index is 0.118. The average molecular weight is 448 g/mol. The summed E-state index contributed by atoms with van der Waals surface area (Å²) in [6, 6.07) is -1.17. The van der Waals surface area contributed by atoms with Crippen LogP contribution in [0.25, 0.3) is 11.5 Å². The number of nitrogens with one attached hydrogen (secondary N) is 1. The predicted molar refractivity (Wildman–Crippen MR) is 96.3 cm³/mol. The third kappa shape index (κ3) is 4.78. The summed E-state index contributed by atoms with van der Waals surface area (Å²) in [7, 11) is 0. The molecule has 0 fully saturated rings. The summed E-state index contributed by atoms with van der Waals surface area (Å²) >= 11 is 6.13. The number of hydrogen-bond acceptors (Lipinski definition) is 5. The highest BCUT2D eigenvalue weighted by Gasteiger charge is 2.37. The highest BCUT2D eigenvalue weighted by molar-refractivity contribution is 6.30. The number of benzene rings is 1. The van der Waals surface area contributed by atoms with Crippen molar-refractivity contribution in [2.75, 3.05) is 5.32 Å². The van der Waals surface area contributed by atoms with Crippen molar-refractivity contribution in [3.8, 4) is 11.5 Å². The normalized spacial score (nSPS) is 12.7. The Kier molecular flexibility index (Phi) is 6.11. The second-order valence-corrected chi connectivity index (χ2v) is 6.55. The van der Waals surface area contributed by atoms with Crippen LogP contribution in [-0.2, 0) is 6.42 Å². The molecule has 1 N–H and O–H groups in total. The van der Waals surface area contributed by atoms with Gasteiger partial charge in [0.05, 0.1) is 6.20 Å². The van der Waals surface area contributed by atoms with E-state index < -0.39 is 47.5 Å². The van der Waals surface area contributed by atoms with Gasteiger partial charge >= 0.3 is 6.18 Å². The van der Waals surface area contributed by atoms with Crippen molar-refractivity contribution in [1.29, 1.82) is 0 Å². The minimum Gasteiger partial charge on any atom is -0.359 e. The monoisotopic (exact) mass is 447 g/mol. The molecular formula is C18H12ClF6N5. The molecule has 0 aliphatic carbocycles. The molecular weight excluding hydrogens is 436 g/mol. The molecule has 0 aliphatic heterocycles. The maximum absolute atomic E-state index is 14.1. The van der Waals surface area contributed by atoms with E-state index in [0.29, 0.717) is 12.1 Å². The van der Waals surface area contributed by atoms with Crippen LogP contribution < -0.4 is 5.32 Å². The Labute approximate surface area is 171 Å². The first-order valence-corrected chi connectivity index (χ1v) is 8.73. The van der Waals surface area contributed by atoms with Crippen molar-refractivity contribution in [3.63, 3.8) is 0 Å². The molecule has 0 unspecified atom stereocenters. The number of nitrogens with zero attached hydrogens (tertiary/aromatic N) is 4. The lowest BCUT2D eigenvalue weighted by Crippen LogP contribution is -2.34. The van der Waals surface area contributed by atoms with Crippen molar-refractivity contribution >= 4 is 17.4 Å². The van der Waals surface area contributed by atoms with Crippen LogP contribution >= 0.6 is 11.6 Å². The van der Waals surface area contributed by atoms with Crippen LogP contribution in [0.2, 0.25) is 5.15 Å². The first-order valence-electron chi connectivity index (χ1n) is 8.35. The molecule has 3 rings (SSSR count). The lowest BCUT2D eigenvalue weighted by Gasteiger charge is -2.21. The molecule has 0 bridgehead atoms. The van der Waals surface area contributed by atoms with Crippen LogP contribution in [0.5, 0.6) is 0 Å². The number of anilines is 1. The van der Waals surface area contributed by atoms with E-state index in [0.717, 1.165) is 6.92 Å². The van der Waals surface area contributed by atoms with Gasteiger partial charge in [-0.3, -0.25) is 4.98 Å². The van der Waals surface area contributed by atoms with E-state index in [1.807, 2.05) is 0 Å². The Morgan fingerprint density at radius 3 is 2.27 bits per heavy atom. The first kappa shape index (κ1) is 21.8. The van der Waals surface area contributed by atoms with E-state index in [1.165, 1.54) is 18.6 Å². The van der Waals surface area contributed by atoms with E-state index in [9.17, 15) is 26.3 Å². The topological polar surface area (TPSA) is 63.6 Å². The molecule has 30 heavy (non-hydrogen) atoms. The highest BCUT2D eigenvalue weighted by Crippen LogP contribution is 2.31. The van der Waals surface area contributed by atoms with E-state index in [4.69, 9.17) is 11.6 Å². The maximum atomic E-state index is 14.1. The van der Waals surface area contributed by atoms with Gasteiger partial charge in [0, 0.05) is 42.1 Å². The predicted octanol–water partition coefficient (Wildman–Crippen LogP) is 4.96. The van der Waals surface area contributed by atoms with Crippen LogP contribution in [-0.4, -0.2) is 32.2 Å². The molecule has 0 aliphatic rings. The highest BCUT2D eigenvalue weighted by atomic mass is 35.5.